The van der Waals surface area contributed by atoms with Gasteiger partial charge >= 0.3 is 0 Å². The Morgan fingerprint density at radius 2 is 2.04 bits per heavy atom. The molecule has 0 saturated heterocycles. The van der Waals surface area contributed by atoms with E-state index in [1.807, 2.05) is 31.2 Å². The van der Waals surface area contributed by atoms with Gasteiger partial charge in [-0.3, -0.25) is 4.79 Å². The van der Waals surface area contributed by atoms with Crippen LogP contribution in [0.4, 0.5) is 0 Å². The number of rotatable bonds is 12. The molecule has 4 atom stereocenters. The summed E-state index contributed by atoms with van der Waals surface area (Å²) < 4.78 is 5.18. The first-order valence-corrected chi connectivity index (χ1v) is 9.36. The molecule has 1 aliphatic rings. The molecule has 144 valence electrons. The van der Waals surface area contributed by atoms with Gasteiger partial charge < -0.3 is 20.1 Å². The Morgan fingerprint density at radius 1 is 1.28 bits per heavy atom. The van der Waals surface area contributed by atoms with Crippen LogP contribution in [-0.2, 0) is 9.53 Å². The topological polar surface area (TPSA) is 87.0 Å². The van der Waals surface area contributed by atoms with Gasteiger partial charge in [0.25, 0.3) is 0 Å². The highest BCUT2D eigenvalue weighted by Crippen LogP contribution is 2.32. The Kier molecular flexibility index (Phi) is 10.2. The van der Waals surface area contributed by atoms with E-state index in [0.717, 1.165) is 19.3 Å². The number of unbranched alkanes of at least 4 members (excludes halogenated alkanes) is 1. The lowest BCUT2D eigenvalue weighted by Crippen LogP contribution is -2.23. The molecule has 0 spiro atoms. The Bertz CT molecular complexity index is 441. The summed E-state index contributed by atoms with van der Waals surface area (Å²) in [5.41, 5.74) is -0.741. The summed E-state index contributed by atoms with van der Waals surface area (Å²) in [4.78, 5) is 12.1. The van der Waals surface area contributed by atoms with E-state index in [1.54, 1.807) is 0 Å². The largest absolute Gasteiger partial charge is 0.394 e. The van der Waals surface area contributed by atoms with Crippen molar-refractivity contribution in [1.29, 1.82) is 0 Å². The number of Topliss-reactive ketones (excluding diaryl/α,β-unsaturated/α-hetero) is 1. The number of hydrogen-bond donors (Lipinski definition) is 3. The van der Waals surface area contributed by atoms with Gasteiger partial charge in [0.1, 0.15) is 5.78 Å². The van der Waals surface area contributed by atoms with E-state index in [-0.39, 0.29) is 30.6 Å². The van der Waals surface area contributed by atoms with Gasteiger partial charge in [0, 0.05) is 18.3 Å². The Hall–Kier alpha value is -1.01. The zero-order chi connectivity index (χ0) is 18.7. The zero-order valence-corrected chi connectivity index (χ0v) is 15.6. The number of carbonyl (C=O) groups excluding carboxylic acids is 1. The minimum Gasteiger partial charge on any atom is -0.394 e. The minimum absolute atomic E-state index is 0.00587. The van der Waals surface area contributed by atoms with Crippen LogP contribution in [-0.4, -0.2) is 52.6 Å². The summed E-state index contributed by atoms with van der Waals surface area (Å²) >= 11 is 0. The number of allylic oxidation sites excluding steroid dienone is 1. The molecule has 3 N–H and O–H groups in total. The maximum Gasteiger partial charge on any atom is 0.143 e. The number of aliphatic hydroxyl groups is 3. The van der Waals surface area contributed by atoms with E-state index in [1.165, 1.54) is 0 Å². The van der Waals surface area contributed by atoms with Crippen LogP contribution in [0.15, 0.2) is 24.3 Å². The summed E-state index contributed by atoms with van der Waals surface area (Å²) in [6.07, 6.45) is 11.0. The fraction of sp³-hybridized carbons (Fsp3) is 0.750. The van der Waals surface area contributed by atoms with Crippen molar-refractivity contribution in [3.63, 3.8) is 0 Å². The van der Waals surface area contributed by atoms with Crippen LogP contribution in [0.25, 0.3) is 0 Å². The molecule has 5 nitrogen and oxygen atoms in total. The van der Waals surface area contributed by atoms with E-state index in [0.29, 0.717) is 26.1 Å². The first-order chi connectivity index (χ1) is 11.9. The van der Waals surface area contributed by atoms with E-state index < -0.39 is 11.7 Å². The molecule has 0 aliphatic heterocycles. The fourth-order valence-electron chi connectivity index (χ4n) is 3.12. The van der Waals surface area contributed by atoms with Crippen molar-refractivity contribution in [2.45, 2.75) is 64.1 Å². The van der Waals surface area contributed by atoms with Gasteiger partial charge in [0.15, 0.2) is 0 Å². The highest BCUT2D eigenvalue weighted by molar-refractivity contribution is 5.86. The van der Waals surface area contributed by atoms with Crippen molar-refractivity contribution in [3.8, 4) is 0 Å². The quantitative estimate of drug-likeness (QED) is 0.370. The normalized spacial score (nSPS) is 26.8. The van der Waals surface area contributed by atoms with Crippen molar-refractivity contribution >= 4 is 5.78 Å². The lowest BCUT2D eigenvalue weighted by atomic mass is 9.90. The molecule has 1 aliphatic carbocycles. The third-order valence-corrected chi connectivity index (χ3v) is 4.63. The van der Waals surface area contributed by atoms with E-state index in [4.69, 9.17) is 9.84 Å². The lowest BCUT2D eigenvalue weighted by Gasteiger charge is -2.22. The minimum atomic E-state index is -0.741. The molecule has 0 amide bonds. The molecule has 5 heteroatoms. The third-order valence-electron chi connectivity index (χ3n) is 4.63. The molecular weight excluding hydrogens is 320 g/mol. The predicted octanol–water partition coefficient (Wildman–Crippen LogP) is 2.40. The zero-order valence-electron chi connectivity index (χ0n) is 15.6. The SMILES string of the molecule is CCCCC(C)(O)C/C=C/[C@H]1[C@H](O)CC(=O)[C@@H]1/C=C\CCOCCO. The van der Waals surface area contributed by atoms with Gasteiger partial charge in [-0.2, -0.15) is 0 Å². The Labute approximate surface area is 151 Å². The number of hydrogen-bond acceptors (Lipinski definition) is 5. The van der Waals surface area contributed by atoms with Gasteiger partial charge in [-0.15, -0.1) is 0 Å². The summed E-state index contributed by atoms with van der Waals surface area (Å²) in [5, 5.41) is 29.1. The van der Waals surface area contributed by atoms with Crippen LogP contribution in [0.5, 0.6) is 0 Å². The van der Waals surface area contributed by atoms with Crippen LogP contribution in [0.3, 0.4) is 0 Å². The second-order valence-electron chi connectivity index (χ2n) is 7.13. The smallest absolute Gasteiger partial charge is 0.143 e. The van der Waals surface area contributed by atoms with E-state index in [2.05, 4.69) is 6.92 Å². The van der Waals surface area contributed by atoms with Gasteiger partial charge in [0.05, 0.1) is 31.5 Å². The van der Waals surface area contributed by atoms with Gasteiger partial charge in [-0.25, -0.2) is 0 Å². The molecule has 0 heterocycles. The van der Waals surface area contributed by atoms with Crippen LogP contribution < -0.4 is 0 Å². The van der Waals surface area contributed by atoms with Gasteiger partial charge in [-0.1, -0.05) is 44.1 Å². The van der Waals surface area contributed by atoms with E-state index >= 15 is 0 Å². The Balaban J connectivity index is 2.55. The number of aliphatic hydroxyl groups excluding tert-OH is 2. The maximum absolute atomic E-state index is 12.1. The number of ether oxygens (including phenoxy) is 1. The summed E-state index contributed by atoms with van der Waals surface area (Å²) in [5.74, 6) is -0.499. The van der Waals surface area contributed by atoms with Crippen molar-refractivity contribution < 1.29 is 24.9 Å². The number of carbonyl (C=O) groups is 1. The molecule has 1 unspecified atom stereocenters. The Morgan fingerprint density at radius 3 is 2.72 bits per heavy atom. The summed E-state index contributed by atoms with van der Waals surface area (Å²) in [6.45, 7) is 4.75. The summed E-state index contributed by atoms with van der Waals surface area (Å²) in [6, 6.07) is 0. The third kappa shape index (κ3) is 8.27. The second-order valence-corrected chi connectivity index (χ2v) is 7.13. The maximum atomic E-state index is 12.1. The highest BCUT2D eigenvalue weighted by atomic mass is 16.5. The molecule has 0 aromatic carbocycles. The monoisotopic (exact) mass is 354 g/mol. The van der Waals surface area contributed by atoms with Gasteiger partial charge in [-0.05, 0) is 26.2 Å². The second kappa shape index (κ2) is 11.6. The van der Waals surface area contributed by atoms with Crippen molar-refractivity contribution in [2.75, 3.05) is 19.8 Å². The molecule has 25 heavy (non-hydrogen) atoms. The molecule has 1 fully saturated rings. The van der Waals surface area contributed by atoms with Crippen LogP contribution in [0, 0.1) is 11.8 Å². The molecular formula is C20H34O5. The van der Waals surface area contributed by atoms with Crippen molar-refractivity contribution in [1.82, 2.24) is 0 Å². The molecule has 1 rings (SSSR count). The van der Waals surface area contributed by atoms with Crippen LogP contribution in [0.2, 0.25) is 0 Å². The standard InChI is InChI=1S/C20H34O5/c1-3-4-10-20(2,24)11-7-9-17-16(18(22)15-19(17)23)8-5-6-13-25-14-12-21/h5,7-9,16-17,19,21,23-24H,3-4,6,10-15H2,1-2H3/b8-5-,9-7+/t16-,17-,19-,20?/m1/s1. The van der Waals surface area contributed by atoms with Gasteiger partial charge in [0.2, 0.25) is 0 Å². The fourth-order valence-corrected chi connectivity index (χ4v) is 3.12. The van der Waals surface area contributed by atoms with Crippen LogP contribution >= 0.6 is 0 Å². The predicted molar refractivity (Wildman–Crippen MR) is 98.2 cm³/mol. The van der Waals surface area contributed by atoms with E-state index in [9.17, 15) is 15.0 Å². The lowest BCUT2D eigenvalue weighted by molar-refractivity contribution is -0.120. The van der Waals surface area contributed by atoms with Crippen LogP contribution in [0.1, 0.15) is 52.4 Å². The average molecular weight is 354 g/mol. The summed E-state index contributed by atoms with van der Waals surface area (Å²) in [7, 11) is 0. The highest BCUT2D eigenvalue weighted by Gasteiger charge is 2.38. The first kappa shape index (κ1) is 22.0. The molecule has 1 saturated carbocycles. The van der Waals surface area contributed by atoms with Crippen molar-refractivity contribution in [3.05, 3.63) is 24.3 Å². The first-order valence-electron chi connectivity index (χ1n) is 9.36. The average Bonchev–Trinajstić information content (AvgIpc) is 2.82. The molecule has 0 radical (unpaired) electrons. The molecule has 0 aromatic heterocycles. The molecule has 0 bridgehead atoms. The molecule has 0 aromatic rings. The number of ketones is 1. The van der Waals surface area contributed by atoms with Crippen molar-refractivity contribution in [2.24, 2.45) is 11.8 Å².